The summed E-state index contributed by atoms with van der Waals surface area (Å²) in [6, 6.07) is 16.0. The lowest BCUT2D eigenvalue weighted by atomic mass is 9.78. The number of rotatable bonds is 7. The first-order chi connectivity index (χ1) is 12.6. The molecule has 146 valence electrons. The second-order valence-corrected chi connectivity index (χ2v) is 7.19. The van der Waals surface area contributed by atoms with Gasteiger partial charge in [-0.15, -0.1) is 12.4 Å². The summed E-state index contributed by atoms with van der Waals surface area (Å²) in [4.78, 5) is 12.4. The number of halogens is 1. The standard InChI is InChI=1S/C22H28N2O2.ClH/c1-26-19-9-6-8-18(15-19)22(13-4-5-14-22)16-24-21(25)12-11-17-7-2-3-10-20(17)23;/h2-3,6-10,15H,4-5,11-14,16,23H2,1H3,(H,24,25);1H. The van der Waals surface area contributed by atoms with E-state index in [1.54, 1.807) is 7.11 Å². The number of para-hydroxylation sites is 1. The number of carbonyl (C=O) groups excluding carboxylic acids is 1. The van der Waals surface area contributed by atoms with Crippen molar-refractivity contribution in [1.29, 1.82) is 0 Å². The minimum atomic E-state index is 0. The first-order valence-corrected chi connectivity index (χ1v) is 9.38. The first-order valence-electron chi connectivity index (χ1n) is 9.38. The Labute approximate surface area is 167 Å². The van der Waals surface area contributed by atoms with E-state index >= 15 is 0 Å². The van der Waals surface area contributed by atoms with Crippen molar-refractivity contribution in [2.24, 2.45) is 0 Å². The number of nitrogen functional groups attached to an aromatic ring is 1. The molecule has 5 heteroatoms. The summed E-state index contributed by atoms with van der Waals surface area (Å²) in [6.07, 6.45) is 5.74. The van der Waals surface area contributed by atoms with Gasteiger partial charge in [0.2, 0.25) is 5.91 Å². The summed E-state index contributed by atoms with van der Waals surface area (Å²) in [7, 11) is 1.69. The monoisotopic (exact) mass is 388 g/mol. The summed E-state index contributed by atoms with van der Waals surface area (Å²) < 4.78 is 5.38. The number of nitrogens with one attached hydrogen (secondary N) is 1. The van der Waals surface area contributed by atoms with Gasteiger partial charge < -0.3 is 15.8 Å². The third kappa shape index (κ3) is 5.16. The Morgan fingerprint density at radius 2 is 1.89 bits per heavy atom. The van der Waals surface area contributed by atoms with Gasteiger partial charge in [-0.3, -0.25) is 4.79 Å². The third-order valence-electron chi connectivity index (χ3n) is 5.54. The lowest BCUT2D eigenvalue weighted by Crippen LogP contribution is -2.39. The normalized spacial score (nSPS) is 15.0. The van der Waals surface area contributed by atoms with Crippen LogP contribution >= 0.6 is 12.4 Å². The van der Waals surface area contributed by atoms with Crippen LogP contribution < -0.4 is 15.8 Å². The first kappa shape index (κ1) is 21.1. The van der Waals surface area contributed by atoms with Crippen LogP contribution in [0.2, 0.25) is 0 Å². The van der Waals surface area contributed by atoms with Gasteiger partial charge in [0.05, 0.1) is 7.11 Å². The largest absolute Gasteiger partial charge is 0.497 e. The highest BCUT2D eigenvalue weighted by molar-refractivity contribution is 5.85. The minimum absolute atomic E-state index is 0. The minimum Gasteiger partial charge on any atom is -0.497 e. The number of aryl methyl sites for hydroxylation is 1. The molecule has 0 aromatic heterocycles. The molecule has 27 heavy (non-hydrogen) atoms. The smallest absolute Gasteiger partial charge is 0.220 e. The van der Waals surface area contributed by atoms with Crippen LogP contribution in [0.4, 0.5) is 5.69 Å². The summed E-state index contributed by atoms with van der Waals surface area (Å²) >= 11 is 0. The lowest BCUT2D eigenvalue weighted by molar-refractivity contribution is -0.121. The molecule has 0 bridgehead atoms. The van der Waals surface area contributed by atoms with Crippen LogP contribution in [0.5, 0.6) is 5.75 Å². The van der Waals surface area contributed by atoms with Gasteiger partial charge in [0.25, 0.3) is 0 Å². The number of anilines is 1. The van der Waals surface area contributed by atoms with Crippen molar-refractivity contribution in [3.8, 4) is 5.75 Å². The van der Waals surface area contributed by atoms with E-state index in [9.17, 15) is 4.79 Å². The van der Waals surface area contributed by atoms with E-state index < -0.39 is 0 Å². The highest BCUT2D eigenvalue weighted by atomic mass is 35.5. The van der Waals surface area contributed by atoms with Crippen molar-refractivity contribution in [1.82, 2.24) is 5.32 Å². The Hall–Kier alpha value is -2.20. The Morgan fingerprint density at radius 3 is 2.59 bits per heavy atom. The molecular formula is C22H29ClN2O2. The predicted octanol–water partition coefficient (Wildman–Crippen LogP) is 4.26. The van der Waals surface area contributed by atoms with Gasteiger partial charge in [0.15, 0.2) is 0 Å². The van der Waals surface area contributed by atoms with Crippen LogP contribution in [0, 0.1) is 0 Å². The van der Waals surface area contributed by atoms with Crippen molar-refractivity contribution in [3.05, 3.63) is 59.7 Å². The molecule has 4 nitrogen and oxygen atoms in total. The van der Waals surface area contributed by atoms with Gasteiger partial charge in [-0.25, -0.2) is 0 Å². The molecule has 0 atom stereocenters. The Morgan fingerprint density at radius 1 is 1.15 bits per heavy atom. The van der Waals surface area contributed by atoms with Gasteiger partial charge in [-0.1, -0.05) is 43.2 Å². The number of ether oxygens (including phenoxy) is 1. The van der Waals surface area contributed by atoms with E-state index in [1.807, 2.05) is 36.4 Å². The fourth-order valence-corrected chi connectivity index (χ4v) is 3.94. The molecule has 3 rings (SSSR count). The van der Waals surface area contributed by atoms with Crippen LogP contribution in [0.1, 0.15) is 43.2 Å². The average Bonchev–Trinajstić information content (AvgIpc) is 3.16. The average molecular weight is 389 g/mol. The third-order valence-corrected chi connectivity index (χ3v) is 5.54. The second kappa shape index (κ2) is 9.65. The number of benzene rings is 2. The van der Waals surface area contributed by atoms with E-state index in [4.69, 9.17) is 10.5 Å². The van der Waals surface area contributed by atoms with E-state index in [0.717, 1.165) is 29.8 Å². The highest BCUT2D eigenvalue weighted by Crippen LogP contribution is 2.41. The van der Waals surface area contributed by atoms with Crippen LogP contribution in [0.3, 0.4) is 0 Å². The molecule has 0 aliphatic heterocycles. The molecule has 0 spiro atoms. The van der Waals surface area contributed by atoms with Crippen LogP contribution in [-0.2, 0) is 16.6 Å². The summed E-state index contributed by atoms with van der Waals surface area (Å²) in [6.45, 7) is 0.684. The molecule has 0 heterocycles. The number of hydrogen-bond acceptors (Lipinski definition) is 3. The molecular weight excluding hydrogens is 360 g/mol. The van der Waals surface area contributed by atoms with Gasteiger partial charge in [0.1, 0.15) is 5.75 Å². The SMILES string of the molecule is COc1cccc(C2(CNC(=O)CCc3ccccc3N)CCCC2)c1.Cl. The number of nitrogens with two attached hydrogens (primary N) is 1. The van der Waals surface area contributed by atoms with Crippen molar-refractivity contribution in [2.75, 3.05) is 19.4 Å². The van der Waals surface area contributed by atoms with E-state index in [2.05, 4.69) is 17.4 Å². The second-order valence-electron chi connectivity index (χ2n) is 7.19. The molecule has 1 aliphatic carbocycles. The Bertz CT molecular complexity index is 757. The van der Waals surface area contributed by atoms with Gasteiger partial charge in [-0.2, -0.15) is 0 Å². The maximum atomic E-state index is 12.4. The number of hydrogen-bond donors (Lipinski definition) is 2. The fourth-order valence-electron chi connectivity index (χ4n) is 3.94. The van der Waals surface area contributed by atoms with Crippen molar-refractivity contribution >= 4 is 24.0 Å². The van der Waals surface area contributed by atoms with Crippen LogP contribution in [0.15, 0.2) is 48.5 Å². The Balaban J connectivity index is 0.00000261. The number of methoxy groups -OCH3 is 1. The van der Waals surface area contributed by atoms with Crippen LogP contribution in [0.25, 0.3) is 0 Å². The summed E-state index contributed by atoms with van der Waals surface area (Å²) in [5.74, 6) is 0.960. The van der Waals surface area contributed by atoms with Gasteiger partial charge >= 0.3 is 0 Å². The molecule has 1 fully saturated rings. The Kier molecular flexibility index (Phi) is 7.55. The summed E-state index contributed by atoms with van der Waals surface area (Å²) in [5, 5.41) is 3.17. The predicted molar refractivity (Wildman–Crippen MR) is 113 cm³/mol. The van der Waals surface area contributed by atoms with Crippen molar-refractivity contribution in [3.63, 3.8) is 0 Å². The molecule has 0 unspecified atom stereocenters. The van der Waals surface area contributed by atoms with Crippen LogP contribution in [-0.4, -0.2) is 19.6 Å². The number of carbonyl (C=O) groups is 1. The van der Waals surface area contributed by atoms with E-state index in [1.165, 1.54) is 18.4 Å². The molecule has 3 N–H and O–H groups in total. The van der Waals surface area contributed by atoms with Crippen molar-refractivity contribution in [2.45, 2.75) is 43.9 Å². The maximum absolute atomic E-state index is 12.4. The molecule has 1 amide bonds. The highest BCUT2D eigenvalue weighted by Gasteiger charge is 2.36. The molecule has 0 radical (unpaired) electrons. The molecule has 2 aromatic carbocycles. The molecule has 0 saturated heterocycles. The van der Waals surface area contributed by atoms with Gasteiger partial charge in [-0.05, 0) is 48.6 Å². The quantitative estimate of drug-likeness (QED) is 0.696. The fraction of sp³-hybridized carbons (Fsp3) is 0.409. The zero-order chi connectivity index (χ0) is 18.4. The molecule has 1 saturated carbocycles. The lowest BCUT2D eigenvalue weighted by Gasteiger charge is -2.30. The zero-order valence-electron chi connectivity index (χ0n) is 15.9. The van der Waals surface area contributed by atoms with E-state index in [0.29, 0.717) is 19.4 Å². The summed E-state index contributed by atoms with van der Waals surface area (Å²) in [5.41, 5.74) is 9.04. The van der Waals surface area contributed by atoms with Crippen molar-refractivity contribution < 1.29 is 9.53 Å². The topological polar surface area (TPSA) is 64.3 Å². The molecule has 1 aliphatic rings. The maximum Gasteiger partial charge on any atom is 0.220 e. The van der Waals surface area contributed by atoms with Gasteiger partial charge in [0, 0.05) is 24.1 Å². The number of amides is 1. The van der Waals surface area contributed by atoms with E-state index in [-0.39, 0.29) is 23.7 Å². The zero-order valence-corrected chi connectivity index (χ0v) is 16.7. The molecule has 2 aromatic rings.